The Labute approximate surface area is 111 Å². The van der Waals surface area contributed by atoms with Crippen molar-refractivity contribution >= 4 is 11.6 Å². The fraction of sp³-hybridized carbons (Fsp3) is 0.600. The summed E-state index contributed by atoms with van der Waals surface area (Å²) in [5.74, 6) is 1.37. The van der Waals surface area contributed by atoms with Crippen molar-refractivity contribution in [2.75, 3.05) is 13.1 Å². The Balaban J connectivity index is 2.70. The third-order valence-corrected chi connectivity index (χ3v) is 3.62. The normalized spacial score (nSPS) is 14.6. The lowest BCUT2D eigenvalue weighted by molar-refractivity contribution is 0.438. The van der Waals surface area contributed by atoms with Crippen molar-refractivity contribution in [2.45, 2.75) is 39.5 Å². The molecule has 1 aromatic carbocycles. The fourth-order valence-corrected chi connectivity index (χ4v) is 2.17. The lowest BCUT2D eigenvalue weighted by Crippen LogP contribution is -2.22. The van der Waals surface area contributed by atoms with Gasteiger partial charge < -0.3 is 5.32 Å². The van der Waals surface area contributed by atoms with E-state index in [1.807, 2.05) is 12.1 Å². The van der Waals surface area contributed by atoms with E-state index in [0.717, 1.165) is 24.0 Å². The van der Waals surface area contributed by atoms with Crippen LogP contribution in [0.1, 0.15) is 45.1 Å². The molecule has 1 nitrogen and oxygen atoms in total. The van der Waals surface area contributed by atoms with Gasteiger partial charge in [-0.25, -0.2) is 0 Å². The molecule has 0 aromatic heterocycles. The summed E-state index contributed by atoms with van der Waals surface area (Å²) in [6.07, 6.45) is 2.49. The van der Waals surface area contributed by atoms with Crippen molar-refractivity contribution in [3.8, 4) is 0 Å². The number of hydrogen-bond donors (Lipinski definition) is 1. The first-order valence-corrected chi connectivity index (χ1v) is 7.01. The highest BCUT2D eigenvalue weighted by molar-refractivity contribution is 6.30. The fourth-order valence-electron chi connectivity index (χ4n) is 2.04. The van der Waals surface area contributed by atoms with Crippen LogP contribution in [0, 0.1) is 5.92 Å². The van der Waals surface area contributed by atoms with Crippen LogP contribution in [-0.2, 0) is 0 Å². The second-order valence-electron chi connectivity index (χ2n) is 4.81. The first-order chi connectivity index (χ1) is 8.17. The Morgan fingerprint density at radius 1 is 1.18 bits per heavy atom. The molecule has 0 heterocycles. The van der Waals surface area contributed by atoms with Crippen LogP contribution in [0.2, 0.25) is 5.02 Å². The van der Waals surface area contributed by atoms with Crippen molar-refractivity contribution in [3.63, 3.8) is 0 Å². The van der Waals surface area contributed by atoms with E-state index in [-0.39, 0.29) is 0 Å². The van der Waals surface area contributed by atoms with E-state index in [2.05, 4.69) is 38.2 Å². The first kappa shape index (κ1) is 14.5. The average molecular weight is 254 g/mol. The van der Waals surface area contributed by atoms with E-state index < -0.39 is 0 Å². The smallest absolute Gasteiger partial charge is 0.0406 e. The minimum Gasteiger partial charge on any atom is -0.316 e. The van der Waals surface area contributed by atoms with Gasteiger partial charge in [0, 0.05) is 11.6 Å². The van der Waals surface area contributed by atoms with E-state index in [9.17, 15) is 0 Å². The van der Waals surface area contributed by atoms with E-state index >= 15 is 0 Å². The number of hydrogen-bond acceptors (Lipinski definition) is 1. The molecule has 1 rings (SSSR count). The van der Waals surface area contributed by atoms with Gasteiger partial charge in [0.05, 0.1) is 0 Å². The predicted octanol–water partition coefficient (Wildman–Crippen LogP) is 4.47. The summed E-state index contributed by atoms with van der Waals surface area (Å²) in [7, 11) is 0. The van der Waals surface area contributed by atoms with Crippen molar-refractivity contribution in [1.29, 1.82) is 0 Å². The third-order valence-electron chi connectivity index (χ3n) is 3.37. The second kappa shape index (κ2) is 7.73. The van der Waals surface area contributed by atoms with Gasteiger partial charge in [-0.05, 0) is 42.5 Å². The van der Waals surface area contributed by atoms with Crippen LogP contribution >= 0.6 is 11.6 Å². The van der Waals surface area contributed by atoms with Gasteiger partial charge in [0.25, 0.3) is 0 Å². The molecular formula is C15H24ClN. The van der Waals surface area contributed by atoms with Gasteiger partial charge in [0.1, 0.15) is 0 Å². The monoisotopic (exact) mass is 253 g/mol. The Hall–Kier alpha value is -0.530. The maximum Gasteiger partial charge on any atom is 0.0406 e. The van der Waals surface area contributed by atoms with Crippen LogP contribution < -0.4 is 5.32 Å². The maximum atomic E-state index is 5.94. The largest absolute Gasteiger partial charge is 0.316 e. The minimum absolute atomic E-state index is 0.599. The van der Waals surface area contributed by atoms with Crippen molar-refractivity contribution < 1.29 is 0 Å². The molecule has 0 aliphatic heterocycles. The molecule has 0 fully saturated rings. The molecule has 0 spiro atoms. The molecule has 0 radical (unpaired) electrons. The summed E-state index contributed by atoms with van der Waals surface area (Å²) in [4.78, 5) is 0. The van der Waals surface area contributed by atoms with Crippen LogP contribution in [0.3, 0.4) is 0 Å². The van der Waals surface area contributed by atoms with Crippen LogP contribution in [0.15, 0.2) is 24.3 Å². The van der Waals surface area contributed by atoms with Crippen LogP contribution in [0.25, 0.3) is 0 Å². The van der Waals surface area contributed by atoms with E-state index in [4.69, 9.17) is 11.6 Å². The van der Waals surface area contributed by atoms with Crippen molar-refractivity contribution in [2.24, 2.45) is 5.92 Å². The molecule has 0 amide bonds. The van der Waals surface area contributed by atoms with Gasteiger partial charge >= 0.3 is 0 Å². The summed E-state index contributed by atoms with van der Waals surface area (Å²) in [6, 6.07) is 8.30. The Morgan fingerprint density at radius 2 is 1.82 bits per heavy atom. The Morgan fingerprint density at radius 3 is 2.35 bits per heavy atom. The number of likely N-dealkylation sites (N-methyl/N-ethyl adjacent to an activating group) is 1. The molecule has 17 heavy (non-hydrogen) atoms. The SMILES string of the molecule is CCNCC(CC(C)CC)c1ccc(Cl)cc1. The molecule has 96 valence electrons. The maximum absolute atomic E-state index is 5.94. The van der Waals surface area contributed by atoms with Gasteiger partial charge in [-0.1, -0.05) is 50.9 Å². The highest BCUT2D eigenvalue weighted by atomic mass is 35.5. The quantitative estimate of drug-likeness (QED) is 0.756. The summed E-state index contributed by atoms with van der Waals surface area (Å²) < 4.78 is 0. The molecule has 1 N–H and O–H groups in total. The zero-order chi connectivity index (χ0) is 12.7. The molecule has 0 bridgehead atoms. The highest BCUT2D eigenvalue weighted by Gasteiger charge is 2.14. The topological polar surface area (TPSA) is 12.0 Å². The molecule has 0 aliphatic rings. The summed E-state index contributed by atoms with van der Waals surface area (Å²) in [6.45, 7) is 8.83. The van der Waals surface area contributed by atoms with E-state index in [1.54, 1.807) is 0 Å². The lowest BCUT2D eigenvalue weighted by Gasteiger charge is -2.21. The lowest BCUT2D eigenvalue weighted by atomic mass is 9.88. The van der Waals surface area contributed by atoms with Crippen LogP contribution in [0.5, 0.6) is 0 Å². The number of rotatable bonds is 7. The molecule has 0 aliphatic carbocycles. The van der Waals surface area contributed by atoms with Gasteiger partial charge in [0.15, 0.2) is 0 Å². The van der Waals surface area contributed by atoms with Crippen molar-refractivity contribution in [1.82, 2.24) is 5.32 Å². The predicted molar refractivity (Wildman–Crippen MR) is 76.8 cm³/mol. The van der Waals surface area contributed by atoms with Crippen LogP contribution in [-0.4, -0.2) is 13.1 Å². The molecule has 2 atom stereocenters. The van der Waals surface area contributed by atoms with Gasteiger partial charge in [-0.15, -0.1) is 0 Å². The zero-order valence-corrected chi connectivity index (χ0v) is 11.9. The summed E-state index contributed by atoms with van der Waals surface area (Å²) in [5, 5.41) is 4.28. The van der Waals surface area contributed by atoms with E-state index in [1.165, 1.54) is 18.4 Å². The van der Waals surface area contributed by atoms with Gasteiger partial charge in [-0.3, -0.25) is 0 Å². The van der Waals surface area contributed by atoms with Crippen molar-refractivity contribution in [3.05, 3.63) is 34.9 Å². The van der Waals surface area contributed by atoms with Gasteiger partial charge in [-0.2, -0.15) is 0 Å². The number of halogens is 1. The summed E-state index contributed by atoms with van der Waals surface area (Å²) >= 11 is 5.94. The van der Waals surface area contributed by atoms with Gasteiger partial charge in [0.2, 0.25) is 0 Å². The minimum atomic E-state index is 0.599. The van der Waals surface area contributed by atoms with Crippen LogP contribution in [0.4, 0.5) is 0 Å². The molecule has 0 saturated carbocycles. The third kappa shape index (κ3) is 5.10. The number of nitrogens with one attached hydrogen (secondary N) is 1. The summed E-state index contributed by atoms with van der Waals surface area (Å²) in [5.41, 5.74) is 1.40. The molecule has 0 saturated heterocycles. The average Bonchev–Trinajstić information content (AvgIpc) is 2.35. The zero-order valence-electron chi connectivity index (χ0n) is 11.2. The molecule has 1 aromatic rings. The Kier molecular flexibility index (Phi) is 6.61. The highest BCUT2D eigenvalue weighted by Crippen LogP contribution is 2.25. The number of benzene rings is 1. The molecule has 2 unspecified atom stereocenters. The second-order valence-corrected chi connectivity index (χ2v) is 5.24. The molecule has 2 heteroatoms. The standard InChI is InChI=1S/C15H24ClN/c1-4-12(3)10-14(11-17-5-2)13-6-8-15(16)9-7-13/h6-9,12,14,17H,4-5,10-11H2,1-3H3. The first-order valence-electron chi connectivity index (χ1n) is 6.63. The molecular weight excluding hydrogens is 230 g/mol. The van der Waals surface area contributed by atoms with E-state index in [0.29, 0.717) is 5.92 Å². The Bertz CT molecular complexity index is 307.